The quantitative estimate of drug-likeness (QED) is 0.434. The molecule has 0 bridgehead atoms. The molecule has 0 N–H and O–H groups in total. The average Bonchev–Trinajstić information content (AvgIpc) is 2.38. The van der Waals surface area contributed by atoms with E-state index in [4.69, 9.17) is 10.00 Å². The third kappa shape index (κ3) is 3.48. The summed E-state index contributed by atoms with van der Waals surface area (Å²) >= 11 is 0. The smallest absolute Gasteiger partial charge is 0.292 e. The Morgan fingerprint density at radius 1 is 1.42 bits per heavy atom. The van der Waals surface area contributed by atoms with Gasteiger partial charge in [0.1, 0.15) is 5.76 Å². The number of allylic oxidation sites excluding steroid dienone is 2. The molecule has 0 aromatic heterocycles. The van der Waals surface area contributed by atoms with Crippen LogP contribution in [-0.4, -0.2) is 0 Å². The van der Waals surface area contributed by atoms with Crippen LogP contribution in [0.25, 0.3) is 5.76 Å². The summed E-state index contributed by atoms with van der Waals surface area (Å²) in [6.45, 7) is 12.2. The number of benzene rings is 1. The largest absolute Gasteiger partial charge is 0.388 e. The Hall–Kier alpha value is -2.01. The van der Waals surface area contributed by atoms with Crippen LogP contribution in [0.3, 0.4) is 0 Å². The summed E-state index contributed by atoms with van der Waals surface area (Å²) in [5.41, 5.74) is 1.81. The zero-order chi connectivity index (χ0) is 14.5. The van der Waals surface area contributed by atoms with Gasteiger partial charge in [-0.1, -0.05) is 51.1 Å². The van der Waals surface area contributed by atoms with E-state index in [1.54, 1.807) is 6.26 Å². The second-order valence-corrected chi connectivity index (χ2v) is 5.24. The molecule has 0 fully saturated rings. The minimum Gasteiger partial charge on any atom is -0.388 e. The highest BCUT2D eigenvalue weighted by Gasteiger charge is 2.24. The van der Waals surface area contributed by atoms with Crippen molar-refractivity contribution in [1.82, 2.24) is 0 Å². The number of ether oxygens (including phenoxy) is 1. The SMILES string of the molecule is C=CC(C)(/C=C(/OC#N)c1ccccc1C)C(C)C. The van der Waals surface area contributed by atoms with E-state index < -0.39 is 0 Å². The van der Waals surface area contributed by atoms with E-state index in [9.17, 15) is 0 Å². The lowest BCUT2D eigenvalue weighted by molar-refractivity contribution is 0.371. The summed E-state index contributed by atoms with van der Waals surface area (Å²) in [5, 5.41) is 8.86. The minimum absolute atomic E-state index is 0.214. The molecular weight excluding hydrogens is 234 g/mol. The van der Waals surface area contributed by atoms with Crippen molar-refractivity contribution in [2.45, 2.75) is 27.7 Å². The average molecular weight is 255 g/mol. The number of nitrogens with zero attached hydrogens (tertiary/aromatic N) is 1. The first-order valence-electron chi connectivity index (χ1n) is 6.43. The predicted octanol–water partition coefficient (Wildman–Crippen LogP) is 4.68. The van der Waals surface area contributed by atoms with Crippen LogP contribution in [-0.2, 0) is 4.74 Å². The van der Waals surface area contributed by atoms with Crippen LogP contribution < -0.4 is 0 Å². The van der Waals surface area contributed by atoms with Crippen molar-refractivity contribution in [1.29, 1.82) is 5.26 Å². The molecule has 1 atom stereocenters. The zero-order valence-electron chi connectivity index (χ0n) is 12.1. The molecule has 19 heavy (non-hydrogen) atoms. The zero-order valence-corrected chi connectivity index (χ0v) is 12.1. The van der Waals surface area contributed by atoms with Crippen molar-refractivity contribution in [2.75, 3.05) is 0 Å². The van der Waals surface area contributed by atoms with Crippen molar-refractivity contribution in [3.8, 4) is 6.26 Å². The lowest BCUT2D eigenvalue weighted by Gasteiger charge is -2.27. The van der Waals surface area contributed by atoms with Gasteiger partial charge in [0, 0.05) is 11.0 Å². The molecule has 1 aromatic carbocycles. The Morgan fingerprint density at radius 3 is 2.53 bits per heavy atom. The monoisotopic (exact) mass is 255 g/mol. The van der Waals surface area contributed by atoms with Crippen molar-refractivity contribution in [2.24, 2.45) is 11.3 Å². The van der Waals surface area contributed by atoms with Crippen molar-refractivity contribution in [3.05, 3.63) is 54.1 Å². The van der Waals surface area contributed by atoms with E-state index in [0.29, 0.717) is 11.7 Å². The molecule has 1 aromatic rings. The van der Waals surface area contributed by atoms with Gasteiger partial charge in [0.15, 0.2) is 0 Å². The van der Waals surface area contributed by atoms with Gasteiger partial charge in [-0.3, -0.25) is 0 Å². The van der Waals surface area contributed by atoms with Crippen molar-refractivity contribution >= 4 is 5.76 Å². The first-order valence-corrected chi connectivity index (χ1v) is 6.43. The number of aryl methyl sites for hydroxylation is 1. The van der Waals surface area contributed by atoms with E-state index in [1.807, 2.05) is 43.3 Å². The summed E-state index contributed by atoms with van der Waals surface area (Å²) in [5.74, 6) is 0.961. The predicted molar refractivity (Wildman–Crippen MR) is 79.0 cm³/mol. The molecule has 0 saturated carbocycles. The summed E-state index contributed by atoms with van der Waals surface area (Å²) in [6, 6.07) is 7.88. The van der Waals surface area contributed by atoms with Crippen LogP contribution in [0.4, 0.5) is 0 Å². The molecule has 0 saturated heterocycles. The molecule has 100 valence electrons. The highest BCUT2D eigenvalue weighted by atomic mass is 16.5. The maximum Gasteiger partial charge on any atom is 0.292 e. The Balaban J connectivity index is 3.33. The number of nitriles is 1. The van der Waals surface area contributed by atoms with Gasteiger partial charge in [0.2, 0.25) is 0 Å². The van der Waals surface area contributed by atoms with E-state index >= 15 is 0 Å². The Morgan fingerprint density at radius 2 is 2.05 bits per heavy atom. The van der Waals surface area contributed by atoms with Crippen LogP contribution in [0.1, 0.15) is 31.9 Å². The van der Waals surface area contributed by atoms with Gasteiger partial charge in [-0.05, 0) is 24.5 Å². The third-order valence-corrected chi connectivity index (χ3v) is 3.69. The summed E-state index contributed by atoms with van der Waals surface area (Å²) in [4.78, 5) is 0. The highest BCUT2D eigenvalue weighted by Crippen LogP contribution is 2.34. The van der Waals surface area contributed by atoms with Crippen LogP contribution in [0.5, 0.6) is 0 Å². The van der Waals surface area contributed by atoms with E-state index in [-0.39, 0.29) is 5.41 Å². The fourth-order valence-electron chi connectivity index (χ4n) is 1.80. The van der Waals surface area contributed by atoms with Gasteiger partial charge in [-0.2, -0.15) is 0 Å². The van der Waals surface area contributed by atoms with Crippen LogP contribution in [0.2, 0.25) is 0 Å². The Kier molecular flexibility index (Phi) is 4.94. The first kappa shape index (κ1) is 15.0. The Bertz CT molecular complexity index is 522. The van der Waals surface area contributed by atoms with E-state index in [1.165, 1.54) is 0 Å². The topological polar surface area (TPSA) is 33.0 Å². The molecule has 2 heteroatoms. The Labute approximate surface area is 116 Å². The molecule has 0 amide bonds. The first-order chi connectivity index (χ1) is 8.94. The lowest BCUT2D eigenvalue weighted by Crippen LogP contribution is -2.18. The van der Waals surface area contributed by atoms with Gasteiger partial charge >= 0.3 is 0 Å². The molecule has 0 heterocycles. The molecule has 0 radical (unpaired) electrons. The second-order valence-electron chi connectivity index (χ2n) is 5.24. The molecular formula is C17H21NO. The number of rotatable bonds is 5. The lowest BCUT2D eigenvalue weighted by atomic mass is 9.78. The van der Waals surface area contributed by atoms with Crippen LogP contribution >= 0.6 is 0 Å². The highest BCUT2D eigenvalue weighted by molar-refractivity contribution is 5.64. The third-order valence-electron chi connectivity index (χ3n) is 3.69. The van der Waals surface area contributed by atoms with Crippen molar-refractivity contribution < 1.29 is 4.74 Å². The fourth-order valence-corrected chi connectivity index (χ4v) is 1.80. The fraction of sp³-hybridized carbons (Fsp3) is 0.353. The number of hydrogen-bond acceptors (Lipinski definition) is 2. The van der Waals surface area contributed by atoms with Gasteiger partial charge < -0.3 is 4.74 Å². The van der Waals surface area contributed by atoms with E-state index in [2.05, 4.69) is 27.4 Å². The molecule has 1 rings (SSSR count). The molecule has 0 aliphatic heterocycles. The van der Waals surface area contributed by atoms with Gasteiger partial charge in [-0.15, -0.1) is 11.8 Å². The molecule has 0 aliphatic carbocycles. The maximum atomic E-state index is 8.86. The van der Waals surface area contributed by atoms with Crippen LogP contribution in [0, 0.1) is 29.8 Å². The second kappa shape index (κ2) is 6.24. The van der Waals surface area contributed by atoms with Gasteiger partial charge in [0.05, 0.1) is 0 Å². The standard InChI is InChI=1S/C17H21NO/c1-6-17(5,13(2)3)11-16(19-12-18)15-10-8-7-9-14(15)4/h6-11,13H,1H2,2-5H3/b16-11+. The summed E-state index contributed by atoms with van der Waals surface area (Å²) < 4.78 is 5.18. The molecule has 2 nitrogen and oxygen atoms in total. The molecule has 1 unspecified atom stereocenters. The minimum atomic E-state index is -0.214. The number of hydrogen-bond donors (Lipinski definition) is 0. The normalized spacial score (nSPS) is 14.6. The van der Waals surface area contributed by atoms with Crippen LogP contribution in [0.15, 0.2) is 43.0 Å². The summed E-state index contributed by atoms with van der Waals surface area (Å²) in [6.07, 6.45) is 5.66. The molecule has 0 aliphatic rings. The molecule has 0 spiro atoms. The summed E-state index contributed by atoms with van der Waals surface area (Å²) in [7, 11) is 0. The van der Waals surface area contributed by atoms with E-state index in [0.717, 1.165) is 11.1 Å². The van der Waals surface area contributed by atoms with Gasteiger partial charge in [0.25, 0.3) is 6.26 Å². The maximum absolute atomic E-state index is 8.86. The van der Waals surface area contributed by atoms with Gasteiger partial charge in [-0.25, -0.2) is 0 Å². The van der Waals surface area contributed by atoms with Crippen molar-refractivity contribution in [3.63, 3.8) is 0 Å².